The van der Waals surface area contributed by atoms with Gasteiger partial charge in [-0.25, -0.2) is 4.79 Å². The van der Waals surface area contributed by atoms with E-state index in [0.717, 1.165) is 32.1 Å². The van der Waals surface area contributed by atoms with Gasteiger partial charge in [-0.15, -0.1) is 24.0 Å². The molecule has 0 unspecified atom stereocenters. The van der Waals surface area contributed by atoms with Gasteiger partial charge in [-0.05, 0) is 32.9 Å². The van der Waals surface area contributed by atoms with Crippen LogP contribution < -0.4 is 10.2 Å². The lowest BCUT2D eigenvalue weighted by Crippen LogP contribution is -2.53. The highest BCUT2D eigenvalue weighted by molar-refractivity contribution is 14.0. The fraction of sp³-hybridized carbons (Fsp3) is 0.600. The number of rotatable bonds is 4. The van der Waals surface area contributed by atoms with Gasteiger partial charge >= 0.3 is 6.09 Å². The SMILES string of the molecule is CN=C(NCCN(C)C(=O)OC(C)(C)C)N1CCN(c2ccccc2)CC1.I. The molecule has 1 aliphatic heterocycles. The zero-order chi connectivity index (χ0) is 19.9. The first-order chi connectivity index (χ1) is 12.8. The third-order valence-corrected chi connectivity index (χ3v) is 4.35. The number of hydrogen-bond acceptors (Lipinski definition) is 4. The topological polar surface area (TPSA) is 60.4 Å². The van der Waals surface area contributed by atoms with Crippen LogP contribution in [0, 0.1) is 0 Å². The van der Waals surface area contributed by atoms with E-state index >= 15 is 0 Å². The zero-order valence-electron chi connectivity index (χ0n) is 17.6. The molecule has 1 aromatic carbocycles. The summed E-state index contributed by atoms with van der Waals surface area (Å²) in [7, 11) is 3.54. The molecule has 0 saturated carbocycles. The number of anilines is 1. The first-order valence-corrected chi connectivity index (χ1v) is 9.50. The van der Waals surface area contributed by atoms with E-state index in [1.54, 1.807) is 19.0 Å². The van der Waals surface area contributed by atoms with Crippen molar-refractivity contribution in [1.29, 1.82) is 0 Å². The Morgan fingerprint density at radius 1 is 1.18 bits per heavy atom. The highest BCUT2D eigenvalue weighted by Gasteiger charge is 2.21. The minimum absolute atomic E-state index is 0. The van der Waals surface area contributed by atoms with Gasteiger partial charge in [0.05, 0.1) is 0 Å². The second kappa shape index (κ2) is 11.3. The van der Waals surface area contributed by atoms with Crippen LogP contribution in [0.2, 0.25) is 0 Å². The number of piperazine rings is 1. The smallest absolute Gasteiger partial charge is 0.410 e. The maximum absolute atomic E-state index is 12.0. The predicted molar refractivity (Wildman–Crippen MR) is 126 cm³/mol. The van der Waals surface area contributed by atoms with Crippen LogP contribution >= 0.6 is 24.0 Å². The van der Waals surface area contributed by atoms with Gasteiger partial charge < -0.3 is 24.8 Å². The van der Waals surface area contributed by atoms with Crippen molar-refractivity contribution in [2.75, 3.05) is 58.3 Å². The number of likely N-dealkylation sites (N-methyl/N-ethyl adjacent to an activating group) is 1. The van der Waals surface area contributed by atoms with E-state index in [9.17, 15) is 4.79 Å². The largest absolute Gasteiger partial charge is 0.444 e. The number of benzene rings is 1. The number of halogens is 1. The van der Waals surface area contributed by atoms with Crippen LogP contribution in [0.15, 0.2) is 35.3 Å². The standard InChI is InChI=1S/C20H33N5O2.HI/c1-20(2,3)27-19(26)23(5)12-11-22-18(21-4)25-15-13-24(14-16-25)17-9-7-6-8-10-17;/h6-10H,11-16H2,1-5H3,(H,21,22);1H. The second-order valence-corrected chi connectivity index (χ2v) is 7.69. The molecule has 0 bridgehead atoms. The molecule has 0 spiro atoms. The molecule has 0 aromatic heterocycles. The Morgan fingerprint density at radius 2 is 1.79 bits per heavy atom. The minimum Gasteiger partial charge on any atom is -0.444 e. The quantitative estimate of drug-likeness (QED) is 0.389. The molecule has 1 aromatic rings. The Labute approximate surface area is 186 Å². The molecule has 1 amide bonds. The summed E-state index contributed by atoms with van der Waals surface area (Å²) in [4.78, 5) is 22.6. The third kappa shape index (κ3) is 7.73. The van der Waals surface area contributed by atoms with E-state index in [4.69, 9.17) is 4.74 Å². The average molecular weight is 503 g/mol. The molecule has 0 aliphatic carbocycles. The van der Waals surface area contributed by atoms with Crippen LogP contribution in [-0.4, -0.2) is 80.8 Å². The van der Waals surface area contributed by atoms with Crippen molar-refractivity contribution in [3.05, 3.63) is 30.3 Å². The van der Waals surface area contributed by atoms with Crippen molar-refractivity contribution in [3.8, 4) is 0 Å². The van der Waals surface area contributed by atoms with Crippen molar-refractivity contribution in [2.45, 2.75) is 26.4 Å². The molecule has 1 N–H and O–H groups in total. The summed E-state index contributed by atoms with van der Waals surface area (Å²) in [6.45, 7) is 10.5. The van der Waals surface area contributed by atoms with E-state index < -0.39 is 5.60 Å². The Morgan fingerprint density at radius 3 is 2.32 bits per heavy atom. The molecule has 1 aliphatic rings. The van der Waals surface area contributed by atoms with Gasteiger partial charge in [0, 0.05) is 59.1 Å². The third-order valence-electron chi connectivity index (χ3n) is 4.35. The van der Waals surface area contributed by atoms with Crippen molar-refractivity contribution >= 4 is 41.7 Å². The summed E-state index contributed by atoms with van der Waals surface area (Å²) in [5, 5.41) is 3.35. The highest BCUT2D eigenvalue weighted by Crippen LogP contribution is 2.15. The first-order valence-electron chi connectivity index (χ1n) is 9.50. The molecule has 0 atom stereocenters. The molecule has 158 valence electrons. The Hall–Kier alpha value is -1.71. The summed E-state index contributed by atoms with van der Waals surface area (Å²) in [6.07, 6.45) is -0.309. The van der Waals surface area contributed by atoms with Gasteiger partial charge in [-0.3, -0.25) is 4.99 Å². The number of hydrogen-bond donors (Lipinski definition) is 1. The number of aliphatic imine (C=N–C) groups is 1. The van der Waals surface area contributed by atoms with Crippen molar-refractivity contribution in [2.24, 2.45) is 4.99 Å². The number of ether oxygens (including phenoxy) is 1. The summed E-state index contributed by atoms with van der Waals surface area (Å²) in [6, 6.07) is 10.5. The fourth-order valence-corrected chi connectivity index (χ4v) is 2.91. The van der Waals surface area contributed by atoms with Gasteiger partial charge in [0.15, 0.2) is 5.96 Å². The van der Waals surface area contributed by atoms with Crippen molar-refractivity contribution in [3.63, 3.8) is 0 Å². The number of para-hydroxylation sites is 1. The van der Waals surface area contributed by atoms with Crippen molar-refractivity contribution < 1.29 is 9.53 Å². The van der Waals surface area contributed by atoms with Crippen molar-refractivity contribution in [1.82, 2.24) is 15.1 Å². The monoisotopic (exact) mass is 503 g/mol. The van der Waals surface area contributed by atoms with Gasteiger partial charge in [-0.1, -0.05) is 18.2 Å². The number of nitrogens with one attached hydrogen (secondary N) is 1. The van der Waals surface area contributed by atoms with Crippen LogP contribution in [0.5, 0.6) is 0 Å². The molecule has 0 radical (unpaired) electrons. The molecule has 1 fully saturated rings. The van der Waals surface area contributed by atoms with E-state index in [-0.39, 0.29) is 30.1 Å². The zero-order valence-corrected chi connectivity index (χ0v) is 20.0. The average Bonchev–Trinajstić information content (AvgIpc) is 2.64. The number of nitrogens with zero attached hydrogens (tertiary/aromatic N) is 4. The number of carbonyl (C=O) groups excluding carboxylic acids is 1. The molecular formula is C20H34IN5O2. The number of carbonyl (C=O) groups is 1. The summed E-state index contributed by atoms with van der Waals surface area (Å²) >= 11 is 0. The molecule has 28 heavy (non-hydrogen) atoms. The lowest BCUT2D eigenvalue weighted by molar-refractivity contribution is 0.0302. The van der Waals surface area contributed by atoms with Crippen LogP contribution in [0.1, 0.15) is 20.8 Å². The van der Waals surface area contributed by atoms with Crippen LogP contribution in [-0.2, 0) is 4.74 Å². The fourth-order valence-electron chi connectivity index (χ4n) is 2.91. The Kier molecular flexibility index (Phi) is 9.84. The van der Waals surface area contributed by atoms with Crippen LogP contribution in [0.25, 0.3) is 0 Å². The Balaban J connectivity index is 0.00000392. The van der Waals surface area contributed by atoms with E-state index in [1.807, 2.05) is 26.8 Å². The van der Waals surface area contributed by atoms with E-state index in [1.165, 1.54) is 5.69 Å². The predicted octanol–water partition coefficient (Wildman–Crippen LogP) is 2.87. The second-order valence-electron chi connectivity index (χ2n) is 7.69. The number of guanidine groups is 1. The molecule has 7 nitrogen and oxygen atoms in total. The highest BCUT2D eigenvalue weighted by atomic mass is 127. The Bertz CT molecular complexity index is 625. The van der Waals surface area contributed by atoms with Crippen LogP contribution in [0.3, 0.4) is 0 Å². The molecule has 8 heteroatoms. The summed E-state index contributed by atoms with van der Waals surface area (Å²) in [5.74, 6) is 0.875. The van der Waals surface area contributed by atoms with Gasteiger partial charge in [0.25, 0.3) is 0 Å². The maximum Gasteiger partial charge on any atom is 0.410 e. The van der Waals surface area contributed by atoms with E-state index in [0.29, 0.717) is 13.1 Å². The molecule has 1 saturated heterocycles. The lowest BCUT2D eigenvalue weighted by Gasteiger charge is -2.37. The van der Waals surface area contributed by atoms with Crippen LogP contribution in [0.4, 0.5) is 10.5 Å². The first kappa shape index (κ1) is 24.3. The van der Waals surface area contributed by atoms with Gasteiger partial charge in [0.1, 0.15) is 5.60 Å². The van der Waals surface area contributed by atoms with Gasteiger partial charge in [0.2, 0.25) is 0 Å². The normalized spacial score (nSPS) is 15.0. The molecule has 1 heterocycles. The molecular weight excluding hydrogens is 469 g/mol. The maximum atomic E-state index is 12.0. The number of amides is 1. The molecule has 2 rings (SSSR count). The summed E-state index contributed by atoms with van der Waals surface area (Å²) in [5.41, 5.74) is 0.784. The summed E-state index contributed by atoms with van der Waals surface area (Å²) < 4.78 is 5.37. The van der Waals surface area contributed by atoms with Gasteiger partial charge in [-0.2, -0.15) is 0 Å². The lowest BCUT2D eigenvalue weighted by atomic mass is 10.2. The minimum atomic E-state index is -0.479. The van der Waals surface area contributed by atoms with E-state index in [2.05, 4.69) is 44.4 Å².